The lowest BCUT2D eigenvalue weighted by atomic mass is 9.94. The minimum atomic E-state index is -0.0266. The van der Waals surface area contributed by atoms with E-state index in [2.05, 4.69) is 31.2 Å². The van der Waals surface area contributed by atoms with Crippen molar-refractivity contribution in [3.05, 3.63) is 42.0 Å². The number of carbonyl (C=O) groups is 1. The molecule has 0 spiro atoms. The van der Waals surface area contributed by atoms with Gasteiger partial charge in [0.15, 0.2) is 0 Å². The molecule has 0 unspecified atom stereocenters. The third-order valence-electron chi connectivity index (χ3n) is 4.09. The van der Waals surface area contributed by atoms with Crippen LogP contribution in [-0.4, -0.2) is 12.6 Å². The molecule has 1 saturated carbocycles. The molecular weight excluding hydrogens is 248 g/mol. The molecule has 0 aliphatic heterocycles. The van der Waals surface area contributed by atoms with Gasteiger partial charge in [0.05, 0.1) is 12.5 Å². The zero-order chi connectivity index (χ0) is 14.4. The molecule has 0 bridgehead atoms. The van der Waals surface area contributed by atoms with Gasteiger partial charge in [-0.05, 0) is 25.3 Å². The standard InChI is InChI=1S/C18H24O2/c1-3-5-12-18(14-16(18)17(19)20-4-2)13-11-15-9-7-6-8-10-15/h6-11,13,16H,3-5,12,14H2,1-2H3/b13-11+/t16-,18-/m0/s1. The molecule has 0 N–H and O–H groups in total. The predicted molar refractivity (Wildman–Crippen MR) is 82.2 cm³/mol. The van der Waals surface area contributed by atoms with Gasteiger partial charge in [0.25, 0.3) is 0 Å². The van der Waals surface area contributed by atoms with E-state index in [4.69, 9.17) is 4.74 Å². The Morgan fingerprint density at radius 1 is 1.35 bits per heavy atom. The molecule has 108 valence electrons. The minimum Gasteiger partial charge on any atom is -0.466 e. The summed E-state index contributed by atoms with van der Waals surface area (Å²) < 4.78 is 5.18. The maximum absolute atomic E-state index is 11.9. The molecule has 0 radical (unpaired) electrons. The molecule has 2 rings (SSSR count). The Morgan fingerprint density at radius 2 is 2.10 bits per heavy atom. The van der Waals surface area contributed by atoms with Crippen molar-refractivity contribution in [2.75, 3.05) is 6.61 Å². The van der Waals surface area contributed by atoms with Crippen molar-refractivity contribution >= 4 is 12.0 Å². The summed E-state index contributed by atoms with van der Waals surface area (Å²) in [5.74, 6) is 0.0373. The lowest BCUT2D eigenvalue weighted by Gasteiger charge is -2.12. The number of hydrogen-bond acceptors (Lipinski definition) is 2. The van der Waals surface area contributed by atoms with Crippen molar-refractivity contribution < 1.29 is 9.53 Å². The number of unbranched alkanes of at least 4 members (excludes halogenated alkanes) is 1. The highest BCUT2D eigenvalue weighted by atomic mass is 16.5. The molecule has 1 aromatic carbocycles. The van der Waals surface area contributed by atoms with Gasteiger partial charge < -0.3 is 4.74 Å². The molecule has 2 nitrogen and oxygen atoms in total. The first-order valence-electron chi connectivity index (χ1n) is 7.63. The van der Waals surface area contributed by atoms with Gasteiger partial charge in [-0.15, -0.1) is 0 Å². The van der Waals surface area contributed by atoms with Gasteiger partial charge in [-0.2, -0.15) is 0 Å². The van der Waals surface area contributed by atoms with Crippen LogP contribution in [0.2, 0.25) is 0 Å². The largest absolute Gasteiger partial charge is 0.466 e. The van der Waals surface area contributed by atoms with Crippen LogP contribution in [0.25, 0.3) is 6.08 Å². The van der Waals surface area contributed by atoms with Gasteiger partial charge in [-0.25, -0.2) is 0 Å². The summed E-state index contributed by atoms with van der Waals surface area (Å²) in [5.41, 5.74) is 1.23. The molecule has 1 aromatic rings. The van der Waals surface area contributed by atoms with E-state index in [1.54, 1.807) is 0 Å². The van der Waals surface area contributed by atoms with Crippen LogP contribution in [0, 0.1) is 11.3 Å². The molecule has 0 saturated heterocycles. The van der Waals surface area contributed by atoms with Crippen LogP contribution in [0.3, 0.4) is 0 Å². The second-order valence-corrected chi connectivity index (χ2v) is 5.59. The van der Waals surface area contributed by atoms with Crippen molar-refractivity contribution in [3.8, 4) is 0 Å². The van der Waals surface area contributed by atoms with E-state index in [1.165, 1.54) is 5.56 Å². The van der Waals surface area contributed by atoms with Crippen molar-refractivity contribution in [1.29, 1.82) is 0 Å². The van der Waals surface area contributed by atoms with Crippen molar-refractivity contribution in [2.45, 2.75) is 39.5 Å². The number of allylic oxidation sites excluding steroid dienone is 1. The molecule has 0 aromatic heterocycles. The minimum absolute atomic E-state index is 0.0266. The maximum atomic E-state index is 11.9. The SMILES string of the molecule is CCCC[C@]1(/C=C/c2ccccc2)C[C@H]1C(=O)OCC. The Bertz CT molecular complexity index is 464. The topological polar surface area (TPSA) is 26.3 Å². The van der Waals surface area contributed by atoms with Crippen LogP contribution in [0.15, 0.2) is 36.4 Å². The lowest BCUT2D eigenvalue weighted by molar-refractivity contribution is -0.145. The van der Waals surface area contributed by atoms with Gasteiger partial charge in [0, 0.05) is 5.41 Å². The van der Waals surface area contributed by atoms with E-state index in [-0.39, 0.29) is 17.3 Å². The van der Waals surface area contributed by atoms with Crippen LogP contribution in [0.5, 0.6) is 0 Å². The van der Waals surface area contributed by atoms with Crippen LogP contribution >= 0.6 is 0 Å². The van der Waals surface area contributed by atoms with Crippen LogP contribution < -0.4 is 0 Å². The van der Waals surface area contributed by atoms with Gasteiger partial charge in [0.1, 0.15) is 0 Å². The molecule has 1 aliphatic carbocycles. The molecule has 2 heteroatoms. The van der Waals surface area contributed by atoms with E-state index < -0.39 is 0 Å². The Hall–Kier alpha value is -1.57. The van der Waals surface area contributed by atoms with Crippen molar-refractivity contribution in [2.24, 2.45) is 11.3 Å². The molecule has 1 aliphatic rings. The van der Waals surface area contributed by atoms with Crippen molar-refractivity contribution in [3.63, 3.8) is 0 Å². The fourth-order valence-corrected chi connectivity index (χ4v) is 2.76. The van der Waals surface area contributed by atoms with E-state index in [0.29, 0.717) is 6.61 Å². The zero-order valence-corrected chi connectivity index (χ0v) is 12.5. The quantitative estimate of drug-likeness (QED) is 0.685. The Kier molecular flexibility index (Phi) is 4.99. The highest BCUT2D eigenvalue weighted by Crippen LogP contribution is 2.58. The molecule has 0 heterocycles. The molecule has 0 amide bonds. The molecule has 1 fully saturated rings. The number of carbonyl (C=O) groups excluding carboxylic acids is 1. The van der Waals surface area contributed by atoms with Crippen molar-refractivity contribution in [1.82, 2.24) is 0 Å². The third-order valence-corrected chi connectivity index (χ3v) is 4.09. The van der Waals surface area contributed by atoms with Gasteiger partial charge >= 0.3 is 5.97 Å². The summed E-state index contributed by atoms with van der Waals surface area (Å²) in [6, 6.07) is 10.3. The average Bonchev–Trinajstić information content (AvgIpc) is 3.20. The maximum Gasteiger partial charge on any atom is 0.309 e. The summed E-state index contributed by atoms with van der Waals surface area (Å²) in [6.07, 6.45) is 8.73. The number of hydrogen-bond donors (Lipinski definition) is 0. The Labute approximate surface area is 121 Å². The fraction of sp³-hybridized carbons (Fsp3) is 0.500. The fourth-order valence-electron chi connectivity index (χ4n) is 2.76. The zero-order valence-electron chi connectivity index (χ0n) is 12.5. The monoisotopic (exact) mass is 272 g/mol. The van der Waals surface area contributed by atoms with E-state index >= 15 is 0 Å². The van der Waals surface area contributed by atoms with E-state index in [9.17, 15) is 4.79 Å². The third kappa shape index (κ3) is 3.50. The van der Waals surface area contributed by atoms with Crippen LogP contribution in [0.4, 0.5) is 0 Å². The van der Waals surface area contributed by atoms with Gasteiger partial charge in [0.2, 0.25) is 0 Å². The number of esters is 1. The summed E-state index contributed by atoms with van der Waals surface area (Å²) in [6.45, 7) is 4.53. The normalized spacial score (nSPS) is 24.8. The predicted octanol–water partition coefficient (Wildman–Crippen LogP) is 4.46. The lowest BCUT2D eigenvalue weighted by Crippen LogP contribution is -2.12. The van der Waals surface area contributed by atoms with Gasteiger partial charge in [-0.3, -0.25) is 4.79 Å². The number of ether oxygens (including phenoxy) is 1. The Balaban J connectivity index is 2.06. The first-order valence-corrected chi connectivity index (χ1v) is 7.63. The second kappa shape index (κ2) is 6.74. The Morgan fingerprint density at radius 3 is 2.75 bits per heavy atom. The highest BCUT2D eigenvalue weighted by molar-refractivity contribution is 5.78. The first kappa shape index (κ1) is 14.8. The molecule has 2 atom stereocenters. The molecule has 20 heavy (non-hydrogen) atoms. The average molecular weight is 272 g/mol. The summed E-state index contributed by atoms with van der Waals surface area (Å²) in [5, 5.41) is 0. The van der Waals surface area contributed by atoms with Crippen LogP contribution in [0.1, 0.15) is 45.1 Å². The summed E-state index contributed by atoms with van der Waals surface area (Å²) in [7, 11) is 0. The number of benzene rings is 1. The smallest absolute Gasteiger partial charge is 0.309 e. The first-order chi connectivity index (χ1) is 9.72. The van der Waals surface area contributed by atoms with E-state index in [0.717, 1.165) is 25.7 Å². The number of rotatable bonds is 7. The molecular formula is C18H24O2. The van der Waals surface area contributed by atoms with E-state index in [1.807, 2.05) is 25.1 Å². The summed E-state index contributed by atoms with van der Waals surface area (Å²) >= 11 is 0. The highest BCUT2D eigenvalue weighted by Gasteiger charge is 2.56. The van der Waals surface area contributed by atoms with Gasteiger partial charge in [-0.1, -0.05) is 62.2 Å². The second-order valence-electron chi connectivity index (χ2n) is 5.59. The van der Waals surface area contributed by atoms with Crippen LogP contribution in [-0.2, 0) is 9.53 Å². The summed E-state index contributed by atoms with van der Waals surface area (Å²) in [4.78, 5) is 11.9.